The van der Waals surface area contributed by atoms with E-state index in [-0.39, 0.29) is 5.91 Å². The van der Waals surface area contributed by atoms with Crippen molar-refractivity contribution in [3.8, 4) is 0 Å². The van der Waals surface area contributed by atoms with E-state index in [2.05, 4.69) is 12.2 Å². The number of hydrogen-bond acceptors (Lipinski definition) is 2. The van der Waals surface area contributed by atoms with Crippen LogP contribution in [0.4, 0.5) is 0 Å². The maximum absolute atomic E-state index is 11.6. The Labute approximate surface area is 110 Å². The van der Waals surface area contributed by atoms with Crippen molar-refractivity contribution in [2.24, 2.45) is 0 Å². The van der Waals surface area contributed by atoms with Crippen LogP contribution in [0, 0.1) is 0 Å². The van der Waals surface area contributed by atoms with Crippen LogP contribution >= 0.6 is 0 Å². The molecular weight excluding hydrogens is 226 g/mol. The summed E-state index contributed by atoms with van der Waals surface area (Å²) in [5, 5.41) is 2.96. The van der Waals surface area contributed by atoms with E-state index < -0.39 is 0 Å². The van der Waals surface area contributed by atoms with Gasteiger partial charge < -0.3 is 10.1 Å². The highest BCUT2D eigenvalue weighted by Gasteiger charge is 2.04. The molecule has 0 bridgehead atoms. The van der Waals surface area contributed by atoms with Crippen molar-refractivity contribution in [2.45, 2.75) is 45.8 Å². The van der Waals surface area contributed by atoms with Gasteiger partial charge in [-0.25, -0.2) is 0 Å². The van der Waals surface area contributed by atoms with Gasteiger partial charge in [-0.3, -0.25) is 4.79 Å². The lowest BCUT2D eigenvalue weighted by Gasteiger charge is -2.10. The SMILES string of the molecule is CCCCCC(=O)NCc1ccccc1COC. The van der Waals surface area contributed by atoms with Gasteiger partial charge in [-0.05, 0) is 17.5 Å². The zero-order valence-electron chi connectivity index (χ0n) is 11.4. The van der Waals surface area contributed by atoms with Crippen LogP contribution in [0.15, 0.2) is 24.3 Å². The topological polar surface area (TPSA) is 38.3 Å². The molecule has 0 fully saturated rings. The predicted molar refractivity (Wildman–Crippen MR) is 73.1 cm³/mol. The molecule has 100 valence electrons. The van der Waals surface area contributed by atoms with Gasteiger partial charge >= 0.3 is 0 Å². The van der Waals surface area contributed by atoms with Crippen LogP contribution in [0.2, 0.25) is 0 Å². The molecule has 1 aromatic rings. The summed E-state index contributed by atoms with van der Waals surface area (Å²) in [6, 6.07) is 8.03. The molecule has 0 spiro atoms. The Hall–Kier alpha value is -1.35. The molecule has 0 aromatic heterocycles. The summed E-state index contributed by atoms with van der Waals surface area (Å²) in [4.78, 5) is 11.6. The molecule has 1 amide bonds. The second-order valence-electron chi connectivity index (χ2n) is 4.44. The van der Waals surface area contributed by atoms with E-state index in [1.807, 2.05) is 24.3 Å². The van der Waals surface area contributed by atoms with Crippen LogP contribution < -0.4 is 5.32 Å². The molecule has 0 atom stereocenters. The van der Waals surface area contributed by atoms with Crippen molar-refractivity contribution >= 4 is 5.91 Å². The Morgan fingerprint density at radius 1 is 1.22 bits per heavy atom. The van der Waals surface area contributed by atoms with Gasteiger partial charge in [0, 0.05) is 20.1 Å². The van der Waals surface area contributed by atoms with Crippen molar-refractivity contribution < 1.29 is 9.53 Å². The van der Waals surface area contributed by atoms with Crippen LogP contribution in [0.25, 0.3) is 0 Å². The minimum atomic E-state index is 0.135. The number of nitrogens with one attached hydrogen (secondary N) is 1. The van der Waals surface area contributed by atoms with Gasteiger partial charge in [0.2, 0.25) is 5.91 Å². The van der Waals surface area contributed by atoms with Crippen LogP contribution in [0.3, 0.4) is 0 Å². The number of benzene rings is 1. The van der Waals surface area contributed by atoms with Crippen LogP contribution in [0.5, 0.6) is 0 Å². The molecule has 3 heteroatoms. The molecule has 0 radical (unpaired) electrons. The van der Waals surface area contributed by atoms with Crippen LogP contribution in [-0.2, 0) is 22.7 Å². The number of hydrogen-bond donors (Lipinski definition) is 1. The van der Waals surface area contributed by atoms with Crippen molar-refractivity contribution in [3.05, 3.63) is 35.4 Å². The van der Waals surface area contributed by atoms with Crippen LogP contribution in [-0.4, -0.2) is 13.0 Å². The van der Waals surface area contributed by atoms with Crippen LogP contribution in [0.1, 0.15) is 43.7 Å². The molecule has 3 nitrogen and oxygen atoms in total. The summed E-state index contributed by atoms with van der Waals surface area (Å²) < 4.78 is 5.14. The van der Waals surface area contributed by atoms with E-state index in [1.165, 1.54) is 0 Å². The Morgan fingerprint density at radius 2 is 1.94 bits per heavy atom. The maximum atomic E-state index is 11.6. The van der Waals surface area contributed by atoms with Gasteiger partial charge in [0.15, 0.2) is 0 Å². The third-order valence-corrected chi connectivity index (χ3v) is 2.90. The number of amides is 1. The number of methoxy groups -OCH3 is 1. The molecule has 18 heavy (non-hydrogen) atoms. The predicted octanol–water partition coefficient (Wildman–Crippen LogP) is 3.03. The zero-order valence-corrected chi connectivity index (χ0v) is 11.4. The highest BCUT2D eigenvalue weighted by molar-refractivity contribution is 5.75. The standard InChI is InChI=1S/C15H23NO2/c1-3-4-5-10-15(17)16-11-13-8-6-7-9-14(13)12-18-2/h6-9H,3-5,10-12H2,1-2H3,(H,16,17). The van der Waals surface area contributed by atoms with Crippen molar-refractivity contribution in [1.82, 2.24) is 5.32 Å². The van der Waals surface area contributed by atoms with Gasteiger partial charge in [0.05, 0.1) is 6.61 Å². The number of unbranched alkanes of at least 4 members (excludes halogenated alkanes) is 2. The van der Waals surface area contributed by atoms with Crippen molar-refractivity contribution in [3.63, 3.8) is 0 Å². The lowest BCUT2D eigenvalue weighted by Crippen LogP contribution is -2.23. The maximum Gasteiger partial charge on any atom is 0.220 e. The van der Waals surface area contributed by atoms with Crippen molar-refractivity contribution in [2.75, 3.05) is 7.11 Å². The Bertz CT molecular complexity index is 363. The van der Waals surface area contributed by atoms with Gasteiger partial charge in [-0.2, -0.15) is 0 Å². The minimum Gasteiger partial charge on any atom is -0.380 e. The van der Waals surface area contributed by atoms with E-state index in [0.717, 1.165) is 30.4 Å². The first-order valence-electron chi connectivity index (χ1n) is 6.60. The Balaban J connectivity index is 2.40. The lowest BCUT2D eigenvalue weighted by atomic mass is 10.1. The monoisotopic (exact) mass is 249 g/mol. The molecule has 1 N–H and O–H groups in total. The third kappa shape index (κ3) is 5.32. The minimum absolute atomic E-state index is 0.135. The largest absolute Gasteiger partial charge is 0.380 e. The molecule has 0 heterocycles. The summed E-state index contributed by atoms with van der Waals surface area (Å²) in [5.74, 6) is 0.135. The molecule has 0 aliphatic carbocycles. The lowest BCUT2D eigenvalue weighted by molar-refractivity contribution is -0.121. The molecule has 0 unspecified atom stereocenters. The fraction of sp³-hybridized carbons (Fsp3) is 0.533. The number of carbonyl (C=O) groups excluding carboxylic acids is 1. The number of ether oxygens (including phenoxy) is 1. The number of rotatable bonds is 8. The van der Waals surface area contributed by atoms with E-state index in [1.54, 1.807) is 7.11 Å². The third-order valence-electron chi connectivity index (χ3n) is 2.90. The summed E-state index contributed by atoms with van der Waals surface area (Å²) in [7, 11) is 1.68. The Kier molecular flexibility index (Phi) is 7.11. The fourth-order valence-electron chi connectivity index (χ4n) is 1.84. The van der Waals surface area contributed by atoms with Crippen molar-refractivity contribution in [1.29, 1.82) is 0 Å². The molecule has 0 saturated carbocycles. The summed E-state index contributed by atoms with van der Waals surface area (Å²) >= 11 is 0. The van der Waals surface area contributed by atoms with Gasteiger partial charge in [-0.1, -0.05) is 44.0 Å². The van der Waals surface area contributed by atoms with Gasteiger partial charge in [0.25, 0.3) is 0 Å². The van der Waals surface area contributed by atoms with E-state index in [4.69, 9.17) is 4.74 Å². The second kappa shape index (κ2) is 8.70. The van der Waals surface area contributed by atoms with E-state index in [9.17, 15) is 4.79 Å². The smallest absolute Gasteiger partial charge is 0.220 e. The summed E-state index contributed by atoms with van der Waals surface area (Å²) in [6.07, 6.45) is 3.86. The zero-order chi connectivity index (χ0) is 13.2. The number of carbonyl (C=O) groups is 1. The second-order valence-corrected chi connectivity index (χ2v) is 4.44. The first-order chi connectivity index (χ1) is 8.77. The highest BCUT2D eigenvalue weighted by Crippen LogP contribution is 2.09. The fourth-order valence-corrected chi connectivity index (χ4v) is 1.84. The molecule has 0 aliphatic rings. The summed E-state index contributed by atoms with van der Waals surface area (Å²) in [6.45, 7) is 3.31. The molecular formula is C15H23NO2. The average molecular weight is 249 g/mol. The summed E-state index contributed by atoms with van der Waals surface area (Å²) in [5.41, 5.74) is 2.26. The molecule has 1 aromatic carbocycles. The van der Waals surface area contributed by atoms with E-state index >= 15 is 0 Å². The highest BCUT2D eigenvalue weighted by atomic mass is 16.5. The first-order valence-corrected chi connectivity index (χ1v) is 6.60. The average Bonchev–Trinajstić information content (AvgIpc) is 2.38. The van der Waals surface area contributed by atoms with E-state index in [0.29, 0.717) is 19.6 Å². The van der Waals surface area contributed by atoms with Gasteiger partial charge in [-0.15, -0.1) is 0 Å². The first kappa shape index (κ1) is 14.7. The Morgan fingerprint density at radius 3 is 2.61 bits per heavy atom. The molecule has 1 rings (SSSR count). The quantitative estimate of drug-likeness (QED) is 0.719. The molecule has 0 aliphatic heterocycles. The normalized spacial score (nSPS) is 10.3. The molecule has 0 saturated heterocycles. The van der Waals surface area contributed by atoms with Gasteiger partial charge in [0.1, 0.15) is 0 Å².